The Balaban J connectivity index is 1.66. The molecule has 5 nitrogen and oxygen atoms in total. The summed E-state index contributed by atoms with van der Waals surface area (Å²) in [5, 5.41) is 5.78. The Morgan fingerprint density at radius 3 is 3.00 bits per heavy atom. The molecule has 0 aromatic heterocycles. The zero-order chi connectivity index (χ0) is 16.2. The molecule has 1 aromatic carbocycles. The van der Waals surface area contributed by atoms with E-state index in [1.807, 2.05) is 12.1 Å². The summed E-state index contributed by atoms with van der Waals surface area (Å²) >= 11 is 0. The van der Waals surface area contributed by atoms with Crippen LogP contribution in [-0.2, 0) is 16.0 Å². The Morgan fingerprint density at radius 1 is 1.30 bits per heavy atom. The molecule has 1 saturated heterocycles. The highest BCUT2D eigenvalue weighted by atomic mass is 16.2. The summed E-state index contributed by atoms with van der Waals surface area (Å²) in [5.41, 5.74) is 2.44. The summed E-state index contributed by atoms with van der Waals surface area (Å²) in [6, 6.07) is 8.21. The molecule has 5 heteroatoms. The average Bonchev–Trinajstić information content (AvgIpc) is 2.75. The minimum Gasteiger partial charge on any atom is -0.359 e. The molecule has 2 heterocycles. The first-order chi connectivity index (χ1) is 11.1. The first-order valence-corrected chi connectivity index (χ1v) is 8.57. The monoisotopic (exact) mass is 315 g/mol. The van der Waals surface area contributed by atoms with Crippen LogP contribution in [0.1, 0.15) is 38.2 Å². The summed E-state index contributed by atoms with van der Waals surface area (Å²) < 4.78 is 0. The lowest BCUT2D eigenvalue weighted by molar-refractivity contribution is -0.128. The summed E-state index contributed by atoms with van der Waals surface area (Å²) in [7, 11) is 0. The second-order valence-corrected chi connectivity index (χ2v) is 6.55. The predicted molar refractivity (Wildman–Crippen MR) is 90.4 cm³/mol. The lowest BCUT2D eigenvalue weighted by atomic mass is 9.96. The number of carbonyl (C=O) groups is 2. The van der Waals surface area contributed by atoms with Crippen LogP contribution >= 0.6 is 0 Å². The van der Waals surface area contributed by atoms with Crippen molar-refractivity contribution in [3.63, 3.8) is 0 Å². The quantitative estimate of drug-likeness (QED) is 0.891. The number of hydrogen-bond donors (Lipinski definition) is 2. The topological polar surface area (TPSA) is 61.4 Å². The van der Waals surface area contributed by atoms with Gasteiger partial charge in [-0.15, -0.1) is 0 Å². The first-order valence-electron chi connectivity index (χ1n) is 8.57. The van der Waals surface area contributed by atoms with Gasteiger partial charge in [0, 0.05) is 18.3 Å². The van der Waals surface area contributed by atoms with Crippen LogP contribution in [0.25, 0.3) is 0 Å². The number of amides is 2. The molecule has 0 saturated carbocycles. The SMILES string of the molecule is CC1CCc2ccccc2N1CC(=O)NC1CCCCNC1=O. The Kier molecular flexibility index (Phi) is 4.84. The highest BCUT2D eigenvalue weighted by Crippen LogP contribution is 2.29. The minimum absolute atomic E-state index is 0.0528. The molecule has 2 unspecified atom stereocenters. The Labute approximate surface area is 137 Å². The van der Waals surface area contributed by atoms with Gasteiger partial charge in [0.05, 0.1) is 6.54 Å². The van der Waals surface area contributed by atoms with E-state index in [0.29, 0.717) is 19.1 Å². The van der Waals surface area contributed by atoms with Gasteiger partial charge in [-0.3, -0.25) is 9.59 Å². The number of fused-ring (bicyclic) bond motifs is 1. The van der Waals surface area contributed by atoms with Gasteiger partial charge < -0.3 is 15.5 Å². The zero-order valence-corrected chi connectivity index (χ0v) is 13.7. The lowest BCUT2D eigenvalue weighted by Crippen LogP contribution is -2.50. The van der Waals surface area contributed by atoms with E-state index in [9.17, 15) is 9.59 Å². The second kappa shape index (κ2) is 7.02. The van der Waals surface area contributed by atoms with Gasteiger partial charge >= 0.3 is 0 Å². The molecular formula is C18H25N3O2. The third kappa shape index (κ3) is 3.66. The van der Waals surface area contributed by atoms with Crippen LogP contribution in [0.3, 0.4) is 0 Å². The maximum absolute atomic E-state index is 12.5. The minimum atomic E-state index is -0.389. The summed E-state index contributed by atoms with van der Waals surface area (Å²) in [4.78, 5) is 26.6. The molecular weight excluding hydrogens is 290 g/mol. The van der Waals surface area contributed by atoms with Crippen molar-refractivity contribution in [2.45, 2.75) is 51.1 Å². The van der Waals surface area contributed by atoms with Gasteiger partial charge in [-0.25, -0.2) is 0 Å². The van der Waals surface area contributed by atoms with Gasteiger partial charge in [0.25, 0.3) is 0 Å². The molecule has 1 fully saturated rings. The van der Waals surface area contributed by atoms with E-state index in [2.05, 4.69) is 34.6 Å². The van der Waals surface area contributed by atoms with Gasteiger partial charge in [0.15, 0.2) is 0 Å². The fourth-order valence-corrected chi connectivity index (χ4v) is 3.47. The highest BCUT2D eigenvalue weighted by Gasteiger charge is 2.27. The number of hydrogen-bond acceptors (Lipinski definition) is 3. The number of rotatable bonds is 3. The molecule has 1 aromatic rings. The van der Waals surface area contributed by atoms with E-state index in [0.717, 1.165) is 37.8 Å². The molecule has 2 aliphatic rings. The molecule has 2 N–H and O–H groups in total. The number of benzene rings is 1. The van der Waals surface area contributed by atoms with Crippen molar-refractivity contribution in [2.24, 2.45) is 0 Å². The third-order valence-corrected chi connectivity index (χ3v) is 4.85. The van der Waals surface area contributed by atoms with Gasteiger partial charge in [-0.1, -0.05) is 18.2 Å². The number of nitrogens with zero attached hydrogens (tertiary/aromatic N) is 1. The van der Waals surface area contributed by atoms with E-state index in [1.165, 1.54) is 5.56 Å². The molecule has 3 rings (SSSR count). The number of carbonyl (C=O) groups excluding carboxylic acids is 2. The van der Waals surface area contributed by atoms with Crippen molar-refractivity contribution >= 4 is 17.5 Å². The Bertz CT molecular complexity index is 587. The van der Waals surface area contributed by atoms with E-state index in [-0.39, 0.29) is 17.9 Å². The predicted octanol–water partition coefficient (Wildman–Crippen LogP) is 1.61. The number of anilines is 1. The maximum Gasteiger partial charge on any atom is 0.242 e. The van der Waals surface area contributed by atoms with Gasteiger partial charge in [0.2, 0.25) is 11.8 Å². The van der Waals surface area contributed by atoms with Crippen molar-refractivity contribution in [3.05, 3.63) is 29.8 Å². The van der Waals surface area contributed by atoms with Crippen LogP contribution in [0.15, 0.2) is 24.3 Å². The van der Waals surface area contributed by atoms with Gasteiger partial charge in [0.1, 0.15) is 6.04 Å². The van der Waals surface area contributed by atoms with Crippen molar-refractivity contribution < 1.29 is 9.59 Å². The van der Waals surface area contributed by atoms with Crippen molar-refractivity contribution in [3.8, 4) is 0 Å². The number of para-hydroxylation sites is 1. The zero-order valence-electron chi connectivity index (χ0n) is 13.7. The number of aryl methyl sites for hydroxylation is 1. The van der Waals surface area contributed by atoms with E-state index in [4.69, 9.17) is 0 Å². The third-order valence-electron chi connectivity index (χ3n) is 4.85. The van der Waals surface area contributed by atoms with Crippen LogP contribution in [0.2, 0.25) is 0 Å². The molecule has 0 aliphatic carbocycles. The van der Waals surface area contributed by atoms with E-state index >= 15 is 0 Å². The number of nitrogens with one attached hydrogen (secondary N) is 2. The molecule has 0 spiro atoms. The van der Waals surface area contributed by atoms with Crippen LogP contribution in [0.5, 0.6) is 0 Å². The Morgan fingerprint density at radius 2 is 2.13 bits per heavy atom. The fourth-order valence-electron chi connectivity index (χ4n) is 3.47. The van der Waals surface area contributed by atoms with Crippen LogP contribution in [0.4, 0.5) is 5.69 Å². The highest BCUT2D eigenvalue weighted by molar-refractivity contribution is 5.89. The molecule has 2 amide bonds. The molecule has 2 atom stereocenters. The smallest absolute Gasteiger partial charge is 0.242 e. The van der Waals surface area contributed by atoms with Crippen molar-refractivity contribution in [1.82, 2.24) is 10.6 Å². The summed E-state index contributed by atoms with van der Waals surface area (Å²) in [5.74, 6) is -0.126. The molecule has 124 valence electrons. The normalized spacial score (nSPS) is 24.4. The summed E-state index contributed by atoms with van der Waals surface area (Å²) in [6.45, 7) is 3.17. The summed E-state index contributed by atoms with van der Waals surface area (Å²) in [6.07, 6.45) is 4.78. The van der Waals surface area contributed by atoms with Gasteiger partial charge in [-0.2, -0.15) is 0 Å². The molecule has 2 aliphatic heterocycles. The molecule has 0 radical (unpaired) electrons. The standard InChI is InChI=1S/C18H25N3O2/c1-13-9-10-14-6-2-3-8-16(14)21(13)12-17(22)20-15-7-4-5-11-19-18(15)23/h2-3,6,8,13,15H,4-5,7,9-12H2,1H3,(H,19,23)(H,20,22). The largest absolute Gasteiger partial charge is 0.359 e. The maximum atomic E-state index is 12.5. The lowest BCUT2D eigenvalue weighted by Gasteiger charge is -2.36. The second-order valence-electron chi connectivity index (χ2n) is 6.55. The van der Waals surface area contributed by atoms with Crippen LogP contribution in [0, 0.1) is 0 Å². The van der Waals surface area contributed by atoms with Crippen LogP contribution < -0.4 is 15.5 Å². The fraction of sp³-hybridized carbons (Fsp3) is 0.556. The van der Waals surface area contributed by atoms with Crippen LogP contribution in [-0.4, -0.2) is 37.0 Å². The van der Waals surface area contributed by atoms with Gasteiger partial charge in [-0.05, 0) is 50.7 Å². The van der Waals surface area contributed by atoms with E-state index < -0.39 is 0 Å². The molecule has 23 heavy (non-hydrogen) atoms. The average molecular weight is 315 g/mol. The van der Waals surface area contributed by atoms with Crippen molar-refractivity contribution in [2.75, 3.05) is 18.0 Å². The van der Waals surface area contributed by atoms with Crippen molar-refractivity contribution in [1.29, 1.82) is 0 Å². The molecule has 0 bridgehead atoms. The Hall–Kier alpha value is -2.04. The van der Waals surface area contributed by atoms with E-state index in [1.54, 1.807) is 0 Å². The first kappa shape index (κ1) is 15.8.